The second kappa shape index (κ2) is 10.4. The molecule has 0 spiro atoms. The molecule has 3 nitrogen and oxygen atoms in total. The Kier molecular flexibility index (Phi) is 8.92. The Balaban J connectivity index is 1.89. The molecule has 0 aliphatic heterocycles. The average molecular weight is 255 g/mol. The maximum absolute atomic E-state index is 11.7. The highest BCUT2D eigenvalue weighted by Crippen LogP contribution is 2.24. The molecule has 106 valence electrons. The predicted octanol–water partition coefficient (Wildman–Crippen LogP) is 3.28. The van der Waals surface area contributed by atoms with Crippen molar-refractivity contribution in [2.24, 2.45) is 5.92 Å². The number of carbonyl (C=O) groups is 1. The van der Waals surface area contributed by atoms with E-state index in [0.29, 0.717) is 6.61 Å². The van der Waals surface area contributed by atoms with Crippen molar-refractivity contribution in [3.8, 4) is 0 Å². The maximum atomic E-state index is 11.7. The molecule has 0 unspecified atom stereocenters. The first-order valence-corrected chi connectivity index (χ1v) is 7.72. The van der Waals surface area contributed by atoms with Gasteiger partial charge in [-0.3, -0.25) is 4.79 Å². The van der Waals surface area contributed by atoms with E-state index in [1.807, 2.05) is 0 Å². The Hall–Kier alpha value is -0.570. The lowest BCUT2D eigenvalue weighted by Crippen LogP contribution is -2.21. The van der Waals surface area contributed by atoms with Gasteiger partial charge >= 0.3 is 5.97 Å². The van der Waals surface area contributed by atoms with Crippen LogP contribution < -0.4 is 5.32 Å². The van der Waals surface area contributed by atoms with Crippen molar-refractivity contribution >= 4 is 5.97 Å². The number of rotatable bonds is 9. The minimum Gasteiger partial charge on any atom is -0.465 e. The van der Waals surface area contributed by atoms with E-state index in [0.717, 1.165) is 38.8 Å². The number of nitrogens with one attached hydrogen (secondary N) is 1. The van der Waals surface area contributed by atoms with E-state index in [1.165, 1.54) is 32.1 Å². The molecule has 0 heterocycles. The summed E-state index contributed by atoms with van der Waals surface area (Å²) in [6.45, 7) is 4.99. The van der Waals surface area contributed by atoms with E-state index in [9.17, 15) is 4.79 Å². The van der Waals surface area contributed by atoms with Gasteiger partial charge in [0, 0.05) is 0 Å². The van der Waals surface area contributed by atoms with Gasteiger partial charge in [0.05, 0.1) is 12.5 Å². The van der Waals surface area contributed by atoms with Crippen molar-refractivity contribution in [2.45, 2.75) is 64.7 Å². The summed E-state index contributed by atoms with van der Waals surface area (Å²) < 4.78 is 5.35. The predicted molar refractivity (Wildman–Crippen MR) is 74.5 cm³/mol. The quantitative estimate of drug-likeness (QED) is 0.507. The molecule has 1 rings (SSSR count). The summed E-state index contributed by atoms with van der Waals surface area (Å²) in [6, 6.07) is 0. The fourth-order valence-corrected chi connectivity index (χ4v) is 2.46. The van der Waals surface area contributed by atoms with E-state index in [4.69, 9.17) is 4.74 Å². The molecule has 0 saturated heterocycles. The monoisotopic (exact) mass is 255 g/mol. The van der Waals surface area contributed by atoms with Gasteiger partial charge in [0.15, 0.2) is 0 Å². The minimum absolute atomic E-state index is 0.0545. The molecule has 1 aliphatic rings. The maximum Gasteiger partial charge on any atom is 0.308 e. The molecule has 1 fully saturated rings. The van der Waals surface area contributed by atoms with Crippen molar-refractivity contribution in [2.75, 3.05) is 19.7 Å². The molecule has 18 heavy (non-hydrogen) atoms. The van der Waals surface area contributed by atoms with E-state index < -0.39 is 0 Å². The fraction of sp³-hybridized carbons (Fsp3) is 0.933. The Labute approximate surface area is 112 Å². The topological polar surface area (TPSA) is 38.3 Å². The van der Waals surface area contributed by atoms with E-state index in [2.05, 4.69) is 12.2 Å². The van der Waals surface area contributed by atoms with Gasteiger partial charge in [0.25, 0.3) is 0 Å². The van der Waals surface area contributed by atoms with Crippen LogP contribution in [0.25, 0.3) is 0 Å². The number of hydrogen-bond acceptors (Lipinski definition) is 3. The van der Waals surface area contributed by atoms with Gasteiger partial charge in [-0.2, -0.15) is 0 Å². The van der Waals surface area contributed by atoms with E-state index in [-0.39, 0.29) is 11.9 Å². The molecular formula is C15H29NO2. The fourth-order valence-electron chi connectivity index (χ4n) is 2.46. The van der Waals surface area contributed by atoms with Gasteiger partial charge in [-0.1, -0.05) is 26.2 Å². The molecule has 0 aromatic heterocycles. The van der Waals surface area contributed by atoms with Gasteiger partial charge in [-0.05, 0) is 51.6 Å². The number of ether oxygens (including phenoxy) is 1. The molecule has 0 aromatic carbocycles. The Morgan fingerprint density at radius 3 is 2.61 bits per heavy atom. The summed E-state index contributed by atoms with van der Waals surface area (Å²) in [4.78, 5) is 11.7. The van der Waals surface area contributed by atoms with Crippen molar-refractivity contribution in [1.29, 1.82) is 0 Å². The van der Waals surface area contributed by atoms with Crippen molar-refractivity contribution in [3.05, 3.63) is 0 Å². The number of esters is 1. The first kappa shape index (κ1) is 15.5. The van der Waals surface area contributed by atoms with Crippen LogP contribution in [0.3, 0.4) is 0 Å². The first-order chi connectivity index (χ1) is 8.84. The number of unbranched alkanes of at least 4 members (excludes halogenated alkanes) is 2. The van der Waals surface area contributed by atoms with Gasteiger partial charge in [0.2, 0.25) is 0 Å². The van der Waals surface area contributed by atoms with Crippen LogP contribution in [0.5, 0.6) is 0 Å². The lowest BCUT2D eigenvalue weighted by atomic mass is 9.89. The second-order valence-electron chi connectivity index (χ2n) is 5.31. The summed E-state index contributed by atoms with van der Waals surface area (Å²) in [7, 11) is 0. The van der Waals surface area contributed by atoms with Crippen molar-refractivity contribution in [1.82, 2.24) is 5.32 Å². The largest absolute Gasteiger partial charge is 0.465 e. The molecule has 0 radical (unpaired) electrons. The van der Waals surface area contributed by atoms with Crippen LogP contribution in [0.15, 0.2) is 0 Å². The lowest BCUT2D eigenvalue weighted by molar-refractivity contribution is -0.149. The summed E-state index contributed by atoms with van der Waals surface area (Å²) in [5.74, 6) is 0.253. The van der Waals surface area contributed by atoms with Gasteiger partial charge in [-0.15, -0.1) is 0 Å². The van der Waals surface area contributed by atoms with Crippen LogP contribution in [0.4, 0.5) is 0 Å². The molecular weight excluding hydrogens is 226 g/mol. The summed E-state index contributed by atoms with van der Waals surface area (Å²) in [5, 5.41) is 3.38. The van der Waals surface area contributed by atoms with Crippen LogP contribution >= 0.6 is 0 Å². The Morgan fingerprint density at radius 2 is 1.89 bits per heavy atom. The minimum atomic E-state index is 0.0545. The molecule has 1 saturated carbocycles. The van der Waals surface area contributed by atoms with Gasteiger partial charge in [-0.25, -0.2) is 0 Å². The van der Waals surface area contributed by atoms with E-state index in [1.54, 1.807) is 0 Å². The third kappa shape index (κ3) is 7.00. The highest BCUT2D eigenvalue weighted by molar-refractivity contribution is 5.72. The SMILES string of the molecule is CCCNCCCCCOC(=O)C1CCCCC1. The number of carbonyl (C=O) groups excluding carboxylic acids is 1. The first-order valence-electron chi connectivity index (χ1n) is 7.72. The Morgan fingerprint density at radius 1 is 1.11 bits per heavy atom. The molecule has 0 bridgehead atoms. The standard InChI is InChI=1S/C15H29NO2/c1-2-11-16-12-7-4-8-13-18-15(17)14-9-5-3-6-10-14/h14,16H,2-13H2,1H3. The highest BCUT2D eigenvalue weighted by atomic mass is 16.5. The third-order valence-electron chi connectivity index (χ3n) is 3.61. The van der Waals surface area contributed by atoms with Crippen molar-refractivity contribution in [3.63, 3.8) is 0 Å². The van der Waals surface area contributed by atoms with E-state index >= 15 is 0 Å². The Bertz CT molecular complexity index is 213. The molecule has 0 atom stereocenters. The highest BCUT2D eigenvalue weighted by Gasteiger charge is 2.21. The molecule has 1 aliphatic carbocycles. The second-order valence-corrected chi connectivity index (χ2v) is 5.31. The van der Waals surface area contributed by atoms with Gasteiger partial charge < -0.3 is 10.1 Å². The van der Waals surface area contributed by atoms with Crippen molar-refractivity contribution < 1.29 is 9.53 Å². The number of hydrogen-bond donors (Lipinski definition) is 1. The third-order valence-corrected chi connectivity index (χ3v) is 3.61. The zero-order chi connectivity index (χ0) is 13.1. The zero-order valence-corrected chi connectivity index (χ0v) is 11.9. The van der Waals surface area contributed by atoms with Crippen LogP contribution in [-0.4, -0.2) is 25.7 Å². The average Bonchev–Trinajstić information content (AvgIpc) is 2.42. The normalized spacial score (nSPS) is 16.7. The summed E-state index contributed by atoms with van der Waals surface area (Å²) >= 11 is 0. The van der Waals surface area contributed by atoms with Crippen LogP contribution in [0.2, 0.25) is 0 Å². The zero-order valence-electron chi connectivity index (χ0n) is 11.9. The smallest absolute Gasteiger partial charge is 0.308 e. The molecule has 0 amide bonds. The van der Waals surface area contributed by atoms with Crippen LogP contribution in [0.1, 0.15) is 64.7 Å². The molecule has 3 heteroatoms. The molecule has 0 aromatic rings. The van der Waals surface area contributed by atoms with Gasteiger partial charge in [0.1, 0.15) is 0 Å². The summed E-state index contributed by atoms with van der Waals surface area (Å²) in [6.07, 6.45) is 10.3. The lowest BCUT2D eigenvalue weighted by Gasteiger charge is -2.19. The molecule has 1 N–H and O–H groups in total. The van der Waals surface area contributed by atoms with Crippen LogP contribution in [0, 0.1) is 5.92 Å². The van der Waals surface area contributed by atoms with Crippen LogP contribution in [-0.2, 0) is 9.53 Å². The summed E-state index contributed by atoms with van der Waals surface area (Å²) in [5.41, 5.74) is 0.